The van der Waals surface area contributed by atoms with Gasteiger partial charge in [0, 0.05) is 18.3 Å². The number of rotatable bonds is 5. The summed E-state index contributed by atoms with van der Waals surface area (Å²) >= 11 is 0. The van der Waals surface area contributed by atoms with Gasteiger partial charge in [0.2, 0.25) is 18.2 Å². The summed E-state index contributed by atoms with van der Waals surface area (Å²) in [7, 11) is 0. The van der Waals surface area contributed by atoms with Crippen LogP contribution in [0.3, 0.4) is 0 Å². The molecule has 2 aromatic carbocycles. The fourth-order valence-corrected chi connectivity index (χ4v) is 3.58. The van der Waals surface area contributed by atoms with E-state index in [0.29, 0.717) is 11.4 Å². The highest BCUT2D eigenvalue weighted by Crippen LogP contribution is 2.33. The van der Waals surface area contributed by atoms with Crippen LogP contribution >= 0.6 is 0 Å². The van der Waals surface area contributed by atoms with Crippen LogP contribution in [-0.2, 0) is 14.4 Å². The molecule has 3 rings (SSSR count). The molecule has 1 heterocycles. The van der Waals surface area contributed by atoms with Crippen molar-refractivity contribution in [2.45, 2.75) is 26.8 Å². The predicted molar refractivity (Wildman–Crippen MR) is 110 cm³/mol. The van der Waals surface area contributed by atoms with Gasteiger partial charge >= 0.3 is 0 Å². The molecule has 0 aromatic heterocycles. The van der Waals surface area contributed by atoms with Crippen LogP contribution in [0.15, 0.2) is 54.6 Å². The van der Waals surface area contributed by atoms with Gasteiger partial charge in [0.15, 0.2) is 0 Å². The number of anilines is 3. The Kier molecular flexibility index (Phi) is 5.78. The molecule has 1 unspecified atom stereocenters. The van der Waals surface area contributed by atoms with Crippen molar-refractivity contribution in [1.82, 2.24) is 0 Å². The first-order chi connectivity index (χ1) is 13.4. The fraction of sp³-hybridized carbons (Fsp3) is 0.318. The molecular formula is C22H25N3O3. The third kappa shape index (κ3) is 3.76. The standard InChI is InChI=1S/C22H25N3O3/c1-16(2)25(18-9-5-4-6-10-18)21(27)14-24-20-12-8-7-11-19(20)23(15-26)13-17(3)22(24)28/h4-12,15-17H,13-14H2,1-3H3. The molecule has 1 aliphatic heterocycles. The van der Waals surface area contributed by atoms with Gasteiger partial charge in [-0.25, -0.2) is 0 Å². The van der Waals surface area contributed by atoms with Crippen LogP contribution in [0.5, 0.6) is 0 Å². The van der Waals surface area contributed by atoms with Gasteiger partial charge in [-0.3, -0.25) is 14.4 Å². The highest BCUT2D eigenvalue weighted by molar-refractivity contribution is 6.08. The summed E-state index contributed by atoms with van der Waals surface area (Å²) in [5.74, 6) is -0.743. The summed E-state index contributed by atoms with van der Waals surface area (Å²) in [5, 5.41) is 0. The van der Waals surface area contributed by atoms with Crippen LogP contribution in [0.2, 0.25) is 0 Å². The quantitative estimate of drug-likeness (QED) is 0.750. The topological polar surface area (TPSA) is 60.9 Å². The van der Waals surface area contributed by atoms with E-state index in [1.165, 1.54) is 9.80 Å². The second-order valence-corrected chi connectivity index (χ2v) is 7.26. The van der Waals surface area contributed by atoms with E-state index in [1.807, 2.05) is 50.2 Å². The third-order valence-corrected chi connectivity index (χ3v) is 4.88. The predicted octanol–water partition coefficient (Wildman–Crippen LogP) is 3.07. The molecule has 146 valence electrons. The minimum Gasteiger partial charge on any atom is -0.312 e. The zero-order valence-corrected chi connectivity index (χ0v) is 16.4. The molecule has 1 aliphatic rings. The average molecular weight is 379 g/mol. The Labute approximate surface area is 165 Å². The largest absolute Gasteiger partial charge is 0.312 e. The molecule has 0 saturated carbocycles. The van der Waals surface area contributed by atoms with E-state index >= 15 is 0 Å². The Hall–Kier alpha value is -3.15. The van der Waals surface area contributed by atoms with E-state index < -0.39 is 5.92 Å². The molecule has 0 aliphatic carbocycles. The number of hydrogen-bond acceptors (Lipinski definition) is 3. The Bertz CT molecular complexity index is 866. The SMILES string of the molecule is CC1CN(C=O)c2ccccc2N(CC(=O)N(c2ccccc2)C(C)C)C1=O. The third-order valence-electron chi connectivity index (χ3n) is 4.88. The van der Waals surface area contributed by atoms with Crippen LogP contribution in [0, 0.1) is 5.92 Å². The number of benzene rings is 2. The van der Waals surface area contributed by atoms with Gasteiger partial charge in [-0.1, -0.05) is 37.3 Å². The molecule has 0 radical (unpaired) electrons. The number of carbonyl (C=O) groups is 3. The molecule has 1 atom stereocenters. The molecular weight excluding hydrogens is 354 g/mol. The second kappa shape index (κ2) is 8.25. The lowest BCUT2D eigenvalue weighted by atomic mass is 10.1. The van der Waals surface area contributed by atoms with Crippen molar-refractivity contribution in [3.8, 4) is 0 Å². The molecule has 2 aromatic rings. The van der Waals surface area contributed by atoms with Gasteiger partial charge in [0.1, 0.15) is 6.54 Å². The molecule has 0 bridgehead atoms. The van der Waals surface area contributed by atoms with Crippen molar-refractivity contribution >= 4 is 35.3 Å². The zero-order valence-electron chi connectivity index (χ0n) is 16.4. The van der Waals surface area contributed by atoms with Crippen molar-refractivity contribution in [3.63, 3.8) is 0 Å². The Balaban J connectivity index is 1.97. The van der Waals surface area contributed by atoms with E-state index in [2.05, 4.69) is 0 Å². The van der Waals surface area contributed by atoms with Crippen molar-refractivity contribution in [2.24, 2.45) is 5.92 Å². The number of carbonyl (C=O) groups excluding carboxylic acids is 3. The van der Waals surface area contributed by atoms with E-state index in [1.54, 1.807) is 30.0 Å². The molecule has 0 N–H and O–H groups in total. The first kappa shape index (κ1) is 19.6. The van der Waals surface area contributed by atoms with Gasteiger partial charge in [-0.2, -0.15) is 0 Å². The van der Waals surface area contributed by atoms with Crippen molar-refractivity contribution in [2.75, 3.05) is 27.8 Å². The normalized spacial score (nSPS) is 16.6. The minimum absolute atomic E-state index is 0.0591. The number of hydrogen-bond donors (Lipinski definition) is 0. The second-order valence-electron chi connectivity index (χ2n) is 7.26. The maximum atomic E-state index is 13.2. The monoisotopic (exact) mass is 379 g/mol. The average Bonchev–Trinajstić information content (AvgIpc) is 2.79. The molecule has 0 spiro atoms. The Morgan fingerprint density at radius 3 is 2.32 bits per heavy atom. The summed E-state index contributed by atoms with van der Waals surface area (Å²) in [6.45, 7) is 5.87. The summed E-state index contributed by atoms with van der Waals surface area (Å²) in [6.07, 6.45) is 0.734. The Morgan fingerprint density at radius 1 is 1.11 bits per heavy atom. The van der Waals surface area contributed by atoms with Gasteiger partial charge in [0.05, 0.1) is 17.3 Å². The van der Waals surface area contributed by atoms with Crippen molar-refractivity contribution in [1.29, 1.82) is 0 Å². The van der Waals surface area contributed by atoms with Crippen LogP contribution < -0.4 is 14.7 Å². The number of amides is 3. The number of fused-ring (bicyclic) bond motifs is 1. The van der Waals surface area contributed by atoms with E-state index in [-0.39, 0.29) is 30.9 Å². The molecule has 0 fully saturated rings. The summed E-state index contributed by atoms with van der Waals surface area (Å²) < 4.78 is 0. The lowest BCUT2D eigenvalue weighted by Gasteiger charge is -2.31. The van der Waals surface area contributed by atoms with Crippen LogP contribution in [0.4, 0.5) is 17.1 Å². The molecule has 6 heteroatoms. The highest BCUT2D eigenvalue weighted by atomic mass is 16.2. The van der Waals surface area contributed by atoms with Gasteiger partial charge in [-0.15, -0.1) is 0 Å². The lowest BCUT2D eigenvalue weighted by molar-refractivity contribution is -0.124. The first-order valence-corrected chi connectivity index (χ1v) is 9.43. The van der Waals surface area contributed by atoms with Gasteiger partial charge in [0.25, 0.3) is 0 Å². The lowest BCUT2D eigenvalue weighted by Crippen LogP contribution is -2.47. The fourth-order valence-electron chi connectivity index (χ4n) is 3.58. The minimum atomic E-state index is -0.408. The summed E-state index contributed by atoms with van der Waals surface area (Å²) in [6, 6.07) is 16.6. The summed E-state index contributed by atoms with van der Waals surface area (Å²) in [5.41, 5.74) is 2.01. The Morgan fingerprint density at radius 2 is 1.71 bits per heavy atom. The number of para-hydroxylation sites is 3. The molecule has 28 heavy (non-hydrogen) atoms. The highest BCUT2D eigenvalue weighted by Gasteiger charge is 2.33. The van der Waals surface area contributed by atoms with Gasteiger partial charge in [-0.05, 0) is 38.1 Å². The first-order valence-electron chi connectivity index (χ1n) is 9.43. The molecule has 3 amide bonds. The smallest absolute Gasteiger partial charge is 0.247 e. The van der Waals surface area contributed by atoms with Crippen LogP contribution in [0.1, 0.15) is 20.8 Å². The maximum Gasteiger partial charge on any atom is 0.247 e. The summed E-state index contributed by atoms with van der Waals surface area (Å²) in [4.78, 5) is 42.6. The van der Waals surface area contributed by atoms with Crippen molar-refractivity contribution in [3.05, 3.63) is 54.6 Å². The molecule has 0 saturated heterocycles. The zero-order chi connectivity index (χ0) is 20.3. The van der Waals surface area contributed by atoms with E-state index in [9.17, 15) is 14.4 Å². The van der Waals surface area contributed by atoms with Gasteiger partial charge < -0.3 is 14.7 Å². The van der Waals surface area contributed by atoms with Crippen molar-refractivity contribution < 1.29 is 14.4 Å². The van der Waals surface area contributed by atoms with E-state index in [0.717, 1.165) is 12.1 Å². The van der Waals surface area contributed by atoms with E-state index in [4.69, 9.17) is 0 Å². The van der Waals surface area contributed by atoms with Crippen LogP contribution in [-0.4, -0.2) is 37.4 Å². The maximum absolute atomic E-state index is 13.2. The number of nitrogens with zero attached hydrogens (tertiary/aromatic N) is 3. The van der Waals surface area contributed by atoms with Crippen LogP contribution in [0.25, 0.3) is 0 Å². The molecule has 6 nitrogen and oxygen atoms in total.